The van der Waals surface area contributed by atoms with Crippen molar-refractivity contribution in [3.05, 3.63) is 24.0 Å². The molecule has 0 aromatic carbocycles. The fourth-order valence-corrected chi connectivity index (χ4v) is 3.63. The van der Waals surface area contributed by atoms with Crippen molar-refractivity contribution < 1.29 is 9.53 Å². The van der Waals surface area contributed by atoms with Gasteiger partial charge in [-0.05, 0) is 51.7 Å². The molecule has 1 aromatic heterocycles. The third-order valence-electron chi connectivity index (χ3n) is 4.98. The summed E-state index contributed by atoms with van der Waals surface area (Å²) in [6.45, 7) is 8.27. The highest BCUT2D eigenvalue weighted by molar-refractivity contribution is 5.93. The molecule has 2 aliphatic heterocycles. The summed E-state index contributed by atoms with van der Waals surface area (Å²) in [4.78, 5) is 15.0. The Morgan fingerprint density at radius 2 is 2.13 bits per heavy atom. The van der Waals surface area contributed by atoms with Crippen LogP contribution in [0, 0.1) is 0 Å². The van der Waals surface area contributed by atoms with E-state index < -0.39 is 0 Å². The molecule has 3 rings (SSSR count). The number of hydrogen-bond donors (Lipinski definition) is 1. The van der Waals surface area contributed by atoms with Gasteiger partial charge in [0.25, 0.3) is 5.91 Å². The molecule has 2 aliphatic rings. The SMILES string of the molecule is CC(C)n1cccc1C(=O)NC1CCN(C[C@@H]2CCCO2)CC1. The van der Waals surface area contributed by atoms with Gasteiger partial charge in [0.15, 0.2) is 0 Å². The molecule has 1 aromatic rings. The number of piperidine rings is 1. The van der Waals surface area contributed by atoms with Gasteiger partial charge in [0, 0.05) is 44.5 Å². The van der Waals surface area contributed by atoms with Crippen LogP contribution in [-0.4, -0.2) is 53.8 Å². The van der Waals surface area contributed by atoms with Gasteiger partial charge in [-0.25, -0.2) is 0 Å². The monoisotopic (exact) mass is 319 g/mol. The van der Waals surface area contributed by atoms with Crippen molar-refractivity contribution in [1.29, 1.82) is 0 Å². The molecule has 0 radical (unpaired) electrons. The zero-order chi connectivity index (χ0) is 16.2. The fraction of sp³-hybridized carbons (Fsp3) is 0.722. The average Bonchev–Trinajstić information content (AvgIpc) is 3.20. The number of nitrogens with zero attached hydrogens (tertiary/aromatic N) is 2. The quantitative estimate of drug-likeness (QED) is 0.907. The van der Waals surface area contributed by atoms with Gasteiger partial charge in [0.05, 0.1) is 6.10 Å². The Morgan fingerprint density at radius 1 is 1.35 bits per heavy atom. The second-order valence-electron chi connectivity index (χ2n) is 7.08. The number of carbonyl (C=O) groups excluding carboxylic acids is 1. The van der Waals surface area contributed by atoms with E-state index >= 15 is 0 Å². The molecule has 2 saturated heterocycles. The molecule has 2 fully saturated rings. The molecule has 23 heavy (non-hydrogen) atoms. The van der Waals surface area contributed by atoms with E-state index in [-0.39, 0.29) is 5.91 Å². The Kier molecular flexibility index (Phi) is 5.38. The fourth-order valence-electron chi connectivity index (χ4n) is 3.63. The van der Waals surface area contributed by atoms with Crippen LogP contribution in [0.3, 0.4) is 0 Å². The van der Waals surface area contributed by atoms with Crippen LogP contribution in [0.4, 0.5) is 0 Å². The lowest BCUT2D eigenvalue weighted by Crippen LogP contribution is -2.46. The number of carbonyl (C=O) groups is 1. The minimum absolute atomic E-state index is 0.0567. The van der Waals surface area contributed by atoms with E-state index in [9.17, 15) is 4.79 Å². The van der Waals surface area contributed by atoms with E-state index in [0.717, 1.165) is 44.8 Å². The molecule has 1 amide bonds. The van der Waals surface area contributed by atoms with Crippen LogP contribution in [0.25, 0.3) is 0 Å². The second-order valence-corrected chi connectivity index (χ2v) is 7.08. The summed E-state index contributed by atoms with van der Waals surface area (Å²) in [5, 5.41) is 3.21. The van der Waals surface area contributed by atoms with Crippen LogP contribution in [0.2, 0.25) is 0 Å². The Hall–Kier alpha value is -1.33. The van der Waals surface area contributed by atoms with Crippen molar-refractivity contribution in [3.63, 3.8) is 0 Å². The smallest absolute Gasteiger partial charge is 0.268 e. The molecule has 128 valence electrons. The summed E-state index contributed by atoms with van der Waals surface area (Å²) in [5.41, 5.74) is 0.766. The number of hydrogen-bond acceptors (Lipinski definition) is 3. The highest BCUT2D eigenvalue weighted by atomic mass is 16.5. The molecular formula is C18H29N3O2. The third kappa shape index (κ3) is 4.15. The summed E-state index contributed by atoms with van der Waals surface area (Å²) < 4.78 is 7.75. The van der Waals surface area contributed by atoms with Gasteiger partial charge in [0.1, 0.15) is 5.69 Å². The van der Waals surface area contributed by atoms with Crippen molar-refractivity contribution in [1.82, 2.24) is 14.8 Å². The van der Waals surface area contributed by atoms with Crippen molar-refractivity contribution in [2.75, 3.05) is 26.2 Å². The lowest BCUT2D eigenvalue weighted by Gasteiger charge is -2.33. The highest BCUT2D eigenvalue weighted by Gasteiger charge is 2.25. The predicted molar refractivity (Wildman–Crippen MR) is 90.7 cm³/mol. The van der Waals surface area contributed by atoms with Crippen molar-refractivity contribution in [2.24, 2.45) is 0 Å². The summed E-state index contributed by atoms with van der Waals surface area (Å²) in [6.07, 6.45) is 6.86. The molecule has 0 bridgehead atoms. The molecule has 3 heterocycles. The number of ether oxygens (including phenoxy) is 1. The Balaban J connectivity index is 1.46. The maximum Gasteiger partial charge on any atom is 0.268 e. The minimum atomic E-state index is 0.0567. The number of rotatable bonds is 5. The zero-order valence-electron chi connectivity index (χ0n) is 14.3. The summed E-state index contributed by atoms with van der Waals surface area (Å²) in [7, 11) is 0. The normalized spacial score (nSPS) is 23.5. The van der Waals surface area contributed by atoms with Gasteiger partial charge in [0.2, 0.25) is 0 Å². The lowest BCUT2D eigenvalue weighted by atomic mass is 10.0. The largest absolute Gasteiger partial charge is 0.377 e. The van der Waals surface area contributed by atoms with Gasteiger partial charge in [-0.3, -0.25) is 4.79 Å². The van der Waals surface area contributed by atoms with E-state index in [0.29, 0.717) is 18.2 Å². The van der Waals surface area contributed by atoms with E-state index in [1.807, 2.05) is 22.9 Å². The molecule has 1 atom stereocenters. The Morgan fingerprint density at radius 3 is 2.78 bits per heavy atom. The van der Waals surface area contributed by atoms with Gasteiger partial charge in [-0.15, -0.1) is 0 Å². The van der Waals surface area contributed by atoms with Crippen LogP contribution in [0.15, 0.2) is 18.3 Å². The summed E-state index contributed by atoms with van der Waals surface area (Å²) in [6, 6.07) is 4.44. The van der Waals surface area contributed by atoms with Gasteiger partial charge in [-0.2, -0.15) is 0 Å². The predicted octanol–water partition coefficient (Wildman–Crippen LogP) is 2.44. The first kappa shape index (κ1) is 16.5. The van der Waals surface area contributed by atoms with Gasteiger partial charge in [-0.1, -0.05) is 0 Å². The first-order valence-electron chi connectivity index (χ1n) is 8.95. The highest BCUT2D eigenvalue weighted by Crippen LogP contribution is 2.18. The average molecular weight is 319 g/mol. The maximum absolute atomic E-state index is 12.5. The third-order valence-corrected chi connectivity index (χ3v) is 4.98. The zero-order valence-corrected chi connectivity index (χ0v) is 14.3. The minimum Gasteiger partial charge on any atom is -0.377 e. The molecule has 1 N–H and O–H groups in total. The first-order valence-corrected chi connectivity index (χ1v) is 8.95. The molecule has 5 heteroatoms. The standard InChI is InChI=1S/C18H29N3O2/c1-14(2)21-9-3-6-17(21)18(22)19-15-7-10-20(11-8-15)13-16-5-4-12-23-16/h3,6,9,14-16H,4-5,7-8,10-13H2,1-2H3,(H,19,22)/t16-/m0/s1. The van der Waals surface area contributed by atoms with E-state index in [1.54, 1.807) is 0 Å². The van der Waals surface area contributed by atoms with Crippen LogP contribution < -0.4 is 5.32 Å². The van der Waals surface area contributed by atoms with E-state index in [1.165, 1.54) is 12.8 Å². The first-order chi connectivity index (χ1) is 11.1. The topological polar surface area (TPSA) is 46.5 Å². The molecule has 0 unspecified atom stereocenters. The molecular weight excluding hydrogens is 290 g/mol. The van der Waals surface area contributed by atoms with Crippen molar-refractivity contribution in [2.45, 2.75) is 57.7 Å². The van der Waals surface area contributed by atoms with Gasteiger partial charge < -0.3 is 19.5 Å². The second kappa shape index (κ2) is 7.49. The molecule has 0 spiro atoms. The van der Waals surface area contributed by atoms with Crippen LogP contribution >= 0.6 is 0 Å². The van der Waals surface area contributed by atoms with Crippen molar-refractivity contribution >= 4 is 5.91 Å². The summed E-state index contributed by atoms with van der Waals surface area (Å²) >= 11 is 0. The Bertz CT molecular complexity index is 512. The maximum atomic E-state index is 12.5. The van der Waals surface area contributed by atoms with E-state index in [4.69, 9.17) is 4.74 Å². The molecule has 0 saturated carbocycles. The molecule has 0 aliphatic carbocycles. The summed E-state index contributed by atoms with van der Waals surface area (Å²) in [5.74, 6) is 0.0567. The number of likely N-dealkylation sites (tertiary alicyclic amines) is 1. The van der Waals surface area contributed by atoms with Crippen LogP contribution in [-0.2, 0) is 4.74 Å². The Labute approximate surface area is 139 Å². The number of amides is 1. The van der Waals surface area contributed by atoms with Crippen LogP contribution in [0.1, 0.15) is 56.1 Å². The number of nitrogens with one attached hydrogen (secondary N) is 1. The van der Waals surface area contributed by atoms with Crippen LogP contribution in [0.5, 0.6) is 0 Å². The number of aromatic nitrogens is 1. The molecule has 5 nitrogen and oxygen atoms in total. The van der Waals surface area contributed by atoms with E-state index in [2.05, 4.69) is 24.1 Å². The lowest BCUT2D eigenvalue weighted by molar-refractivity contribution is 0.0611. The van der Waals surface area contributed by atoms with Gasteiger partial charge >= 0.3 is 0 Å². The van der Waals surface area contributed by atoms with Crippen molar-refractivity contribution in [3.8, 4) is 0 Å².